The molecule has 4 heteroatoms. The predicted octanol–water partition coefficient (Wildman–Crippen LogP) is 3.71. The van der Waals surface area contributed by atoms with Crippen LogP contribution in [0.2, 0.25) is 0 Å². The molecule has 0 bridgehead atoms. The Morgan fingerprint density at radius 3 is 2.31 bits per heavy atom. The Morgan fingerprint density at radius 2 is 1.75 bits per heavy atom. The highest BCUT2D eigenvalue weighted by molar-refractivity contribution is 8.21. The van der Waals surface area contributed by atoms with Gasteiger partial charge in [0.05, 0.1) is 13.2 Å². The first-order valence-corrected chi connectivity index (χ1v) is 7.33. The van der Waals surface area contributed by atoms with E-state index >= 15 is 0 Å². The van der Waals surface area contributed by atoms with Crippen molar-refractivity contribution in [2.24, 2.45) is 0 Å². The number of rotatable bonds is 7. The molecule has 3 nitrogen and oxygen atoms in total. The molecule has 92 valence electrons. The summed E-state index contributed by atoms with van der Waals surface area (Å²) in [4.78, 5) is 0. The minimum absolute atomic E-state index is 0.586. The molecule has 1 unspecified atom stereocenters. The van der Waals surface area contributed by atoms with Crippen LogP contribution in [0.5, 0.6) is 5.75 Å². The molecule has 0 aliphatic heterocycles. The summed E-state index contributed by atoms with van der Waals surface area (Å²) in [5.74, 6) is 0.782. The van der Waals surface area contributed by atoms with E-state index in [0.29, 0.717) is 13.2 Å². The summed E-state index contributed by atoms with van der Waals surface area (Å²) in [6.07, 6.45) is 2.83. The van der Waals surface area contributed by atoms with Crippen LogP contribution in [0, 0.1) is 0 Å². The van der Waals surface area contributed by atoms with Crippen molar-refractivity contribution in [2.75, 3.05) is 19.5 Å². The van der Waals surface area contributed by atoms with E-state index < -0.39 is 10.9 Å². The van der Waals surface area contributed by atoms with Crippen molar-refractivity contribution >= 4 is 10.9 Å². The van der Waals surface area contributed by atoms with Crippen LogP contribution in [0.3, 0.4) is 0 Å². The average molecular weight is 244 g/mol. The highest BCUT2D eigenvalue weighted by Gasteiger charge is 2.21. The molecule has 0 fully saturated rings. The van der Waals surface area contributed by atoms with Gasteiger partial charge < -0.3 is 4.18 Å². The van der Waals surface area contributed by atoms with Gasteiger partial charge in [-0.15, -0.1) is 0 Å². The van der Waals surface area contributed by atoms with Crippen LogP contribution in [-0.2, 0) is 8.37 Å². The number of hydrogen-bond donors (Lipinski definition) is 0. The quantitative estimate of drug-likeness (QED) is 0.732. The second-order valence-corrected chi connectivity index (χ2v) is 5.38. The van der Waals surface area contributed by atoms with E-state index in [-0.39, 0.29) is 0 Å². The molecule has 0 N–H and O–H groups in total. The fraction of sp³-hybridized carbons (Fsp3) is 0.500. The molecule has 1 rings (SSSR count). The Hall–Kier alpha value is -0.710. The van der Waals surface area contributed by atoms with Crippen LogP contribution in [0.1, 0.15) is 20.3 Å². The maximum absolute atomic E-state index is 5.78. The smallest absolute Gasteiger partial charge is 0.140 e. The van der Waals surface area contributed by atoms with Crippen LogP contribution in [0.25, 0.3) is 0 Å². The van der Waals surface area contributed by atoms with Gasteiger partial charge in [0, 0.05) is 6.26 Å². The van der Waals surface area contributed by atoms with E-state index in [1.165, 1.54) is 0 Å². The van der Waals surface area contributed by atoms with E-state index in [0.717, 1.165) is 12.2 Å². The predicted molar refractivity (Wildman–Crippen MR) is 68.5 cm³/mol. The molecule has 1 aromatic rings. The molecule has 0 aliphatic carbocycles. The van der Waals surface area contributed by atoms with Crippen molar-refractivity contribution in [1.29, 1.82) is 0 Å². The monoisotopic (exact) mass is 244 g/mol. The molecule has 1 aromatic carbocycles. The second kappa shape index (κ2) is 6.78. The first-order chi connectivity index (χ1) is 7.70. The Morgan fingerprint density at radius 1 is 1.06 bits per heavy atom. The largest absolute Gasteiger partial charge is 0.403 e. The summed E-state index contributed by atoms with van der Waals surface area (Å²) in [5, 5.41) is 0. The molecule has 0 heterocycles. The average Bonchev–Trinajstić information content (AvgIpc) is 2.28. The standard InChI is InChI=1S/C12H20O3S/c1-4-11-14-16(3,13-5-2)15-12-9-7-6-8-10-12/h6-10H,4-5,11H2,1-3H3. The maximum atomic E-state index is 5.78. The summed E-state index contributed by atoms with van der Waals surface area (Å²) in [6.45, 7) is 5.24. The highest BCUT2D eigenvalue weighted by Crippen LogP contribution is 2.47. The van der Waals surface area contributed by atoms with Crippen molar-refractivity contribution in [3.63, 3.8) is 0 Å². The third-order valence-electron chi connectivity index (χ3n) is 1.82. The van der Waals surface area contributed by atoms with Gasteiger partial charge in [-0.2, -0.15) is 0 Å². The van der Waals surface area contributed by atoms with Crippen LogP contribution in [0.15, 0.2) is 30.3 Å². The third kappa shape index (κ3) is 4.43. The topological polar surface area (TPSA) is 27.7 Å². The molecule has 16 heavy (non-hydrogen) atoms. The van der Waals surface area contributed by atoms with Gasteiger partial charge in [0.2, 0.25) is 0 Å². The van der Waals surface area contributed by atoms with Crippen molar-refractivity contribution in [3.8, 4) is 5.75 Å². The van der Waals surface area contributed by atoms with Gasteiger partial charge in [-0.1, -0.05) is 25.1 Å². The lowest BCUT2D eigenvalue weighted by Gasteiger charge is -2.33. The molecular weight excluding hydrogens is 224 g/mol. The lowest BCUT2D eigenvalue weighted by Crippen LogP contribution is -2.14. The minimum Gasteiger partial charge on any atom is -0.403 e. The Balaban J connectivity index is 2.62. The number of hydrogen-bond acceptors (Lipinski definition) is 3. The van der Waals surface area contributed by atoms with Crippen LogP contribution < -0.4 is 4.18 Å². The van der Waals surface area contributed by atoms with Gasteiger partial charge in [-0.05, 0) is 25.5 Å². The Kier molecular flexibility index (Phi) is 5.66. The van der Waals surface area contributed by atoms with Crippen molar-refractivity contribution in [1.82, 2.24) is 0 Å². The first-order valence-electron chi connectivity index (χ1n) is 5.51. The van der Waals surface area contributed by atoms with E-state index in [1.54, 1.807) is 0 Å². The van der Waals surface area contributed by atoms with Gasteiger partial charge in [0.25, 0.3) is 0 Å². The van der Waals surface area contributed by atoms with Gasteiger partial charge >= 0.3 is 0 Å². The molecule has 0 spiro atoms. The Labute approximate surface area is 99.6 Å². The number of para-hydroxylation sites is 1. The number of benzene rings is 1. The van der Waals surface area contributed by atoms with Gasteiger partial charge in [0.1, 0.15) is 16.6 Å². The molecule has 0 radical (unpaired) electrons. The van der Waals surface area contributed by atoms with Crippen LogP contribution in [-0.4, -0.2) is 19.5 Å². The summed E-state index contributed by atoms with van der Waals surface area (Å²) in [6, 6.07) is 9.62. The zero-order chi connectivity index (χ0) is 11.9. The van der Waals surface area contributed by atoms with Gasteiger partial charge in [0.15, 0.2) is 0 Å². The van der Waals surface area contributed by atoms with E-state index in [4.69, 9.17) is 12.5 Å². The lowest BCUT2D eigenvalue weighted by molar-refractivity contribution is 0.225. The molecule has 0 amide bonds. The summed E-state index contributed by atoms with van der Waals surface area (Å²) in [5.41, 5.74) is 0. The third-order valence-corrected chi connectivity index (χ3v) is 3.58. The zero-order valence-electron chi connectivity index (χ0n) is 10.1. The second-order valence-electron chi connectivity index (χ2n) is 3.33. The van der Waals surface area contributed by atoms with Crippen molar-refractivity contribution in [3.05, 3.63) is 30.3 Å². The van der Waals surface area contributed by atoms with Gasteiger partial charge in [-0.25, -0.2) is 0 Å². The minimum atomic E-state index is -1.90. The SMILES string of the molecule is CCCOS(C)(OCC)Oc1ccccc1. The normalized spacial score (nSPS) is 16.4. The van der Waals surface area contributed by atoms with E-state index in [9.17, 15) is 0 Å². The summed E-state index contributed by atoms with van der Waals surface area (Å²) in [7, 11) is -1.90. The van der Waals surface area contributed by atoms with E-state index in [1.807, 2.05) is 43.5 Å². The first kappa shape index (κ1) is 13.4. The van der Waals surface area contributed by atoms with Crippen LogP contribution >= 0.6 is 10.9 Å². The van der Waals surface area contributed by atoms with Gasteiger partial charge in [-0.3, -0.25) is 8.37 Å². The Bertz CT molecular complexity index is 292. The molecule has 0 saturated carbocycles. The van der Waals surface area contributed by atoms with Crippen molar-refractivity contribution in [2.45, 2.75) is 20.3 Å². The zero-order valence-corrected chi connectivity index (χ0v) is 11.0. The molecule has 0 aromatic heterocycles. The fourth-order valence-corrected chi connectivity index (χ4v) is 2.70. The van der Waals surface area contributed by atoms with Crippen molar-refractivity contribution < 1.29 is 12.5 Å². The summed E-state index contributed by atoms with van der Waals surface area (Å²) >= 11 is 0. The molecular formula is C12H20O3S. The summed E-state index contributed by atoms with van der Waals surface area (Å²) < 4.78 is 17.0. The molecule has 0 saturated heterocycles. The fourth-order valence-electron chi connectivity index (χ4n) is 1.18. The highest BCUT2D eigenvalue weighted by atomic mass is 32.3. The lowest BCUT2D eigenvalue weighted by atomic mass is 10.3. The molecule has 0 aliphatic rings. The van der Waals surface area contributed by atoms with Crippen LogP contribution in [0.4, 0.5) is 0 Å². The molecule has 1 atom stereocenters. The van der Waals surface area contributed by atoms with E-state index in [2.05, 4.69) is 6.92 Å². The maximum Gasteiger partial charge on any atom is 0.140 e.